The molecule has 1 aliphatic rings. The molecule has 1 aliphatic carbocycles. The van der Waals surface area contributed by atoms with Gasteiger partial charge in [-0.25, -0.2) is 0 Å². The first-order valence-electron chi connectivity index (χ1n) is 22.7. The van der Waals surface area contributed by atoms with Gasteiger partial charge in [-0.1, -0.05) is 124 Å². The SMILES string of the molecule is CCCCOc1cc2c(cc1OCCCC)-c1c3cc4ccccc4cc3c(c3cc4ccccc4cc13)CCc1c3cc4ccccc4cc3c-2c2cc3ccccc3cc12. The molecule has 0 saturated carbocycles. The zero-order chi connectivity index (χ0) is 41.3. The highest BCUT2D eigenvalue weighted by Crippen LogP contribution is 2.53. The molecule has 0 spiro atoms. The molecular formula is C60H48O2. The highest BCUT2D eigenvalue weighted by molar-refractivity contribution is 6.26. The summed E-state index contributed by atoms with van der Waals surface area (Å²) in [5.41, 5.74) is 7.65. The molecule has 0 aliphatic heterocycles. The van der Waals surface area contributed by atoms with Gasteiger partial charge in [0.25, 0.3) is 0 Å². The van der Waals surface area contributed by atoms with Gasteiger partial charge in [-0.05, 0) is 206 Å². The van der Waals surface area contributed by atoms with Crippen LogP contribution in [0.1, 0.15) is 50.7 Å². The van der Waals surface area contributed by atoms with Crippen LogP contribution >= 0.6 is 0 Å². The Morgan fingerprint density at radius 1 is 0.339 bits per heavy atom. The molecule has 0 heterocycles. The molecule has 0 radical (unpaired) electrons. The van der Waals surface area contributed by atoms with Gasteiger partial charge in [-0.15, -0.1) is 0 Å². The molecule has 0 atom stereocenters. The lowest BCUT2D eigenvalue weighted by molar-refractivity contribution is 0.262. The maximum absolute atomic E-state index is 6.85. The van der Waals surface area contributed by atoms with Crippen molar-refractivity contribution in [3.8, 4) is 33.8 Å². The van der Waals surface area contributed by atoms with E-state index in [0.717, 1.165) is 50.0 Å². The van der Waals surface area contributed by atoms with Gasteiger partial charge in [0.1, 0.15) is 0 Å². The topological polar surface area (TPSA) is 18.5 Å². The lowest BCUT2D eigenvalue weighted by Gasteiger charge is -2.26. The number of fused-ring (bicyclic) bond motifs is 13. The summed E-state index contributed by atoms with van der Waals surface area (Å²) in [5.74, 6) is 1.63. The summed E-state index contributed by atoms with van der Waals surface area (Å²) >= 11 is 0. The van der Waals surface area contributed by atoms with Crippen molar-refractivity contribution in [1.29, 1.82) is 0 Å². The van der Waals surface area contributed by atoms with Crippen LogP contribution in [-0.2, 0) is 12.8 Å². The normalized spacial score (nSPS) is 12.6. The summed E-state index contributed by atoms with van der Waals surface area (Å²) in [5, 5.41) is 20.5. The van der Waals surface area contributed by atoms with Crippen molar-refractivity contribution in [3.63, 3.8) is 0 Å². The van der Waals surface area contributed by atoms with E-state index in [1.165, 1.54) is 120 Å². The Bertz CT molecular complexity index is 3180. The van der Waals surface area contributed by atoms with Gasteiger partial charge in [-0.3, -0.25) is 0 Å². The van der Waals surface area contributed by atoms with Crippen LogP contribution in [-0.4, -0.2) is 13.2 Å². The maximum atomic E-state index is 6.85. The minimum absolute atomic E-state index is 0.633. The Balaban J connectivity index is 1.34. The number of ether oxygens (including phenoxy) is 2. The average Bonchev–Trinajstić information content (AvgIpc) is 3.30. The Morgan fingerprint density at radius 3 is 0.855 bits per heavy atom. The third-order valence-electron chi connectivity index (χ3n) is 13.7. The van der Waals surface area contributed by atoms with E-state index in [-0.39, 0.29) is 0 Å². The van der Waals surface area contributed by atoms with Crippen molar-refractivity contribution in [1.82, 2.24) is 0 Å². The van der Waals surface area contributed by atoms with Gasteiger partial charge in [0.15, 0.2) is 11.5 Å². The van der Waals surface area contributed by atoms with E-state index in [1.54, 1.807) is 0 Å². The molecule has 62 heavy (non-hydrogen) atoms. The summed E-state index contributed by atoms with van der Waals surface area (Å²) < 4.78 is 13.7. The fourth-order valence-electron chi connectivity index (χ4n) is 10.6. The number of hydrogen-bond donors (Lipinski definition) is 0. The Morgan fingerprint density at radius 2 is 0.597 bits per heavy atom. The fourth-order valence-corrected chi connectivity index (χ4v) is 10.6. The van der Waals surface area contributed by atoms with Gasteiger partial charge in [-0.2, -0.15) is 0 Å². The monoisotopic (exact) mass is 800 g/mol. The van der Waals surface area contributed by atoms with E-state index in [1.807, 2.05) is 0 Å². The second-order valence-electron chi connectivity index (χ2n) is 17.4. The van der Waals surface area contributed by atoms with E-state index < -0.39 is 0 Å². The molecule has 0 unspecified atom stereocenters. The largest absolute Gasteiger partial charge is 0.490 e. The molecule has 0 amide bonds. The first-order chi connectivity index (χ1) is 30.6. The molecular weight excluding hydrogens is 753 g/mol. The number of rotatable bonds is 8. The zero-order valence-corrected chi connectivity index (χ0v) is 35.5. The van der Waals surface area contributed by atoms with Crippen LogP contribution in [0.2, 0.25) is 0 Å². The Hall–Kier alpha value is -6.90. The summed E-state index contributed by atoms with van der Waals surface area (Å²) in [7, 11) is 0. The highest BCUT2D eigenvalue weighted by Gasteiger charge is 2.27. The maximum Gasteiger partial charge on any atom is 0.161 e. The number of aryl methyl sites for hydroxylation is 2. The Labute approximate surface area is 362 Å². The molecule has 2 nitrogen and oxygen atoms in total. The number of unbranched alkanes of at least 4 members (excludes halogenated alkanes) is 2. The third-order valence-corrected chi connectivity index (χ3v) is 13.7. The summed E-state index contributed by atoms with van der Waals surface area (Å²) in [6.07, 6.45) is 5.85. The van der Waals surface area contributed by atoms with Crippen molar-refractivity contribution in [2.75, 3.05) is 13.2 Å². The fraction of sp³-hybridized carbons (Fsp3) is 0.167. The summed E-state index contributed by atoms with van der Waals surface area (Å²) in [4.78, 5) is 0. The standard InChI is InChI=1S/C60H48O2/c1-3-5-25-61-57-35-55-56(36-58(57)62-26-6-4-2)60-53-33-43-21-13-9-17-39(43)29-49(53)46(50-30-40-18-10-14-22-44(40)34-54(50)60)24-23-45-47-27-37-15-7-11-19-41(37)31-51(47)59(55)52-32-42-20-12-8-16-38(42)28-48(45)52/h7-22,27-36H,3-6,23-26H2,1-2H3. The lowest BCUT2D eigenvalue weighted by Crippen LogP contribution is -2.05. The third kappa shape index (κ3) is 5.92. The predicted molar refractivity (Wildman–Crippen MR) is 266 cm³/mol. The predicted octanol–water partition coefficient (Wildman–Crippen LogP) is 16.7. The minimum Gasteiger partial charge on any atom is -0.490 e. The van der Waals surface area contributed by atoms with Crippen LogP contribution in [0.25, 0.3) is 108 Å². The average molecular weight is 801 g/mol. The molecule has 2 heteroatoms. The summed E-state index contributed by atoms with van der Waals surface area (Å²) in [6.45, 7) is 5.71. The highest BCUT2D eigenvalue weighted by atomic mass is 16.5. The van der Waals surface area contributed by atoms with E-state index in [4.69, 9.17) is 9.47 Å². The molecule has 11 aromatic carbocycles. The van der Waals surface area contributed by atoms with Crippen LogP contribution in [0.5, 0.6) is 11.5 Å². The van der Waals surface area contributed by atoms with Crippen LogP contribution in [0.4, 0.5) is 0 Å². The molecule has 0 saturated heterocycles. The smallest absolute Gasteiger partial charge is 0.161 e. The zero-order valence-electron chi connectivity index (χ0n) is 35.5. The van der Waals surface area contributed by atoms with Gasteiger partial charge in [0.2, 0.25) is 0 Å². The van der Waals surface area contributed by atoms with Crippen LogP contribution in [0.15, 0.2) is 158 Å². The molecule has 4 bridgehead atoms. The van der Waals surface area contributed by atoms with Crippen molar-refractivity contribution in [2.24, 2.45) is 0 Å². The van der Waals surface area contributed by atoms with Crippen LogP contribution < -0.4 is 9.47 Å². The van der Waals surface area contributed by atoms with E-state index in [0.29, 0.717) is 13.2 Å². The first-order valence-corrected chi connectivity index (χ1v) is 22.7. The summed E-state index contributed by atoms with van der Waals surface area (Å²) in [6, 6.07) is 60.0. The number of benzene rings is 11. The molecule has 300 valence electrons. The van der Waals surface area contributed by atoms with Crippen molar-refractivity contribution in [3.05, 3.63) is 169 Å². The van der Waals surface area contributed by atoms with Gasteiger partial charge >= 0.3 is 0 Å². The first kappa shape index (κ1) is 36.9. The second-order valence-corrected chi connectivity index (χ2v) is 17.4. The molecule has 0 aromatic heterocycles. The van der Waals surface area contributed by atoms with Gasteiger partial charge in [0.05, 0.1) is 13.2 Å². The van der Waals surface area contributed by atoms with E-state index >= 15 is 0 Å². The second kappa shape index (κ2) is 14.9. The van der Waals surface area contributed by atoms with Crippen molar-refractivity contribution in [2.45, 2.75) is 52.4 Å². The minimum atomic E-state index is 0.633. The van der Waals surface area contributed by atoms with Crippen molar-refractivity contribution >= 4 is 86.2 Å². The van der Waals surface area contributed by atoms with Gasteiger partial charge < -0.3 is 9.47 Å². The molecule has 12 rings (SSSR count). The lowest BCUT2D eigenvalue weighted by atomic mass is 9.78. The van der Waals surface area contributed by atoms with E-state index in [2.05, 4.69) is 172 Å². The van der Waals surface area contributed by atoms with E-state index in [9.17, 15) is 0 Å². The molecule has 0 N–H and O–H groups in total. The quantitative estimate of drug-likeness (QED) is 0.113. The van der Waals surface area contributed by atoms with Gasteiger partial charge in [0, 0.05) is 0 Å². The molecule has 0 fully saturated rings. The molecule has 11 aromatic rings. The Kier molecular flexibility index (Phi) is 8.88. The number of hydrogen-bond acceptors (Lipinski definition) is 2. The van der Waals surface area contributed by atoms with Crippen LogP contribution in [0, 0.1) is 0 Å². The van der Waals surface area contributed by atoms with Crippen molar-refractivity contribution < 1.29 is 9.47 Å². The van der Waals surface area contributed by atoms with Crippen LogP contribution in [0.3, 0.4) is 0 Å².